The van der Waals surface area contributed by atoms with Gasteiger partial charge < -0.3 is 26.0 Å². The fourth-order valence-electron chi connectivity index (χ4n) is 3.49. The number of likely N-dealkylation sites (N-methyl/N-ethyl adjacent to an activating group) is 1. The number of hydrogen-bond acceptors (Lipinski definition) is 9. The van der Waals surface area contributed by atoms with E-state index in [9.17, 15) is 15.0 Å². The Hall–Kier alpha value is -4.03. The molecule has 11 nitrogen and oxygen atoms in total. The highest BCUT2D eigenvalue weighted by atomic mass is 16.6. The summed E-state index contributed by atoms with van der Waals surface area (Å²) in [6.45, 7) is 2.09. The Morgan fingerprint density at radius 2 is 2.00 bits per heavy atom. The molecule has 5 N–H and O–H groups in total. The number of aromatic nitrogens is 4. The molecule has 4 rings (SSSR count). The van der Waals surface area contributed by atoms with Crippen molar-refractivity contribution in [3.63, 3.8) is 0 Å². The number of hydrogen-bond donors (Lipinski definition) is 4. The van der Waals surface area contributed by atoms with Crippen molar-refractivity contribution in [1.29, 1.82) is 5.26 Å². The number of imidazole rings is 1. The average molecular weight is 447 g/mol. The van der Waals surface area contributed by atoms with Crippen molar-refractivity contribution in [2.24, 2.45) is 0 Å². The molecule has 3 heterocycles. The lowest BCUT2D eigenvalue weighted by atomic mass is 10.1. The molecule has 0 aliphatic carbocycles. The topological polar surface area (TPSA) is 172 Å². The number of ether oxygens (including phenoxy) is 1. The number of amides is 1. The molecule has 0 radical (unpaired) electrons. The number of benzene rings is 1. The molecule has 1 fully saturated rings. The maximum Gasteiger partial charge on any atom is 0.252 e. The average Bonchev–Trinajstić information content (AvgIpc) is 3.35. The van der Waals surface area contributed by atoms with Crippen molar-refractivity contribution in [2.75, 3.05) is 12.3 Å². The van der Waals surface area contributed by atoms with E-state index in [1.807, 2.05) is 12.1 Å². The number of carbonyl (C=O) groups is 1. The van der Waals surface area contributed by atoms with Gasteiger partial charge in [0.05, 0.1) is 18.8 Å². The van der Waals surface area contributed by atoms with Crippen LogP contribution >= 0.6 is 0 Å². The van der Waals surface area contributed by atoms with E-state index in [4.69, 9.17) is 15.7 Å². The van der Waals surface area contributed by atoms with Gasteiger partial charge in [0.1, 0.15) is 17.7 Å². The van der Waals surface area contributed by atoms with Crippen LogP contribution in [0.1, 0.15) is 30.1 Å². The summed E-state index contributed by atoms with van der Waals surface area (Å²) in [6.07, 6.45) is -3.51. The molecule has 33 heavy (non-hydrogen) atoms. The molecule has 0 bridgehead atoms. The van der Waals surface area contributed by atoms with E-state index in [1.54, 1.807) is 19.1 Å². The first-order valence-electron chi connectivity index (χ1n) is 10.2. The van der Waals surface area contributed by atoms with Gasteiger partial charge in [-0.1, -0.05) is 18.1 Å². The van der Waals surface area contributed by atoms with Crippen molar-refractivity contribution in [3.05, 3.63) is 47.5 Å². The predicted molar refractivity (Wildman–Crippen MR) is 116 cm³/mol. The number of aliphatic hydroxyl groups excluding tert-OH is 2. The van der Waals surface area contributed by atoms with Gasteiger partial charge >= 0.3 is 0 Å². The summed E-state index contributed by atoms with van der Waals surface area (Å²) in [5.41, 5.74) is 8.13. The molecule has 1 aliphatic rings. The highest BCUT2D eigenvalue weighted by Gasteiger charge is 2.47. The molecule has 1 aliphatic heterocycles. The summed E-state index contributed by atoms with van der Waals surface area (Å²) in [4.78, 5) is 24.9. The van der Waals surface area contributed by atoms with E-state index in [2.05, 4.69) is 38.2 Å². The number of nitrogens with two attached hydrogens (primary N) is 1. The van der Waals surface area contributed by atoms with Crippen molar-refractivity contribution < 1.29 is 19.7 Å². The van der Waals surface area contributed by atoms with E-state index < -0.39 is 30.4 Å². The summed E-state index contributed by atoms with van der Waals surface area (Å²) in [7, 11) is 0. The highest BCUT2D eigenvalue weighted by Crippen LogP contribution is 2.32. The second-order valence-electron chi connectivity index (χ2n) is 7.36. The van der Waals surface area contributed by atoms with E-state index in [0.717, 1.165) is 5.56 Å². The van der Waals surface area contributed by atoms with E-state index >= 15 is 0 Å². The lowest BCUT2D eigenvalue weighted by Gasteiger charge is -2.16. The van der Waals surface area contributed by atoms with E-state index in [-0.39, 0.29) is 22.8 Å². The first-order valence-corrected chi connectivity index (χ1v) is 10.2. The summed E-state index contributed by atoms with van der Waals surface area (Å²) < 4.78 is 7.03. The number of anilines is 1. The molecule has 3 aromatic rings. The van der Waals surface area contributed by atoms with Crippen molar-refractivity contribution in [3.8, 4) is 17.9 Å². The quantitative estimate of drug-likeness (QED) is 0.389. The van der Waals surface area contributed by atoms with Crippen LogP contribution in [-0.2, 0) is 16.0 Å². The third-order valence-corrected chi connectivity index (χ3v) is 5.13. The molecule has 1 amide bonds. The van der Waals surface area contributed by atoms with Gasteiger partial charge in [-0.05, 0) is 30.5 Å². The number of aliphatic hydroxyl groups is 2. The van der Waals surface area contributed by atoms with Crippen LogP contribution < -0.4 is 11.1 Å². The molecular weight excluding hydrogens is 426 g/mol. The summed E-state index contributed by atoms with van der Waals surface area (Å²) in [5, 5.41) is 32.1. The first-order chi connectivity index (χ1) is 15.9. The molecule has 0 spiro atoms. The van der Waals surface area contributed by atoms with Gasteiger partial charge in [0.25, 0.3) is 5.91 Å². The number of rotatable bonds is 4. The van der Waals surface area contributed by atoms with Crippen LogP contribution in [0.25, 0.3) is 11.2 Å². The largest absolute Gasteiger partial charge is 0.387 e. The van der Waals surface area contributed by atoms with Crippen LogP contribution in [0.4, 0.5) is 5.82 Å². The molecule has 4 atom stereocenters. The molecular formula is C22H21N7O4. The lowest BCUT2D eigenvalue weighted by molar-refractivity contribution is -0.137. The van der Waals surface area contributed by atoms with Gasteiger partial charge in [-0.25, -0.2) is 15.0 Å². The minimum absolute atomic E-state index is 0.0840. The predicted octanol–water partition coefficient (Wildman–Crippen LogP) is -0.370. The third kappa shape index (κ3) is 4.33. The Bertz CT molecular complexity index is 1290. The van der Waals surface area contributed by atoms with Crippen LogP contribution in [0.5, 0.6) is 0 Å². The normalized spacial score (nSPS) is 21.9. The van der Waals surface area contributed by atoms with Crippen LogP contribution in [0, 0.1) is 23.2 Å². The Balaban J connectivity index is 1.65. The summed E-state index contributed by atoms with van der Waals surface area (Å²) >= 11 is 0. The number of nitrogen functional groups attached to an aromatic ring is 1. The monoisotopic (exact) mass is 447 g/mol. The van der Waals surface area contributed by atoms with Crippen molar-refractivity contribution >= 4 is 22.9 Å². The smallest absolute Gasteiger partial charge is 0.252 e. The number of carbonyl (C=O) groups excluding carboxylic acids is 1. The highest BCUT2D eigenvalue weighted by molar-refractivity contribution is 5.83. The Morgan fingerprint density at radius 3 is 2.70 bits per heavy atom. The zero-order valence-corrected chi connectivity index (χ0v) is 17.6. The van der Waals surface area contributed by atoms with Crippen LogP contribution in [-0.4, -0.2) is 60.5 Å². The minimum Gasteiger partial charge on any atom is -0.387 e. The van der Waals surface area contributed by atoms with E-state index in [0.29, 0.717) is 18.5 Å². The first kappa shape index (κ1) is 22.2. The van der Waals surface area contributed by atoms with E-state index in [1.165, 1.54) is 10.9 Å². The SMILES string of the molecule is CCNC(=O)[C@H]1O[C@@H](n2cnc3c(N)nc(C#Cc4ccc(CC#N)cc4)nc32)[C@H](O)[C@@H]1O. The summed E-state index contributed by atoms with van der Waals surface area (Å²) in [6, 6.07) is 9.30. The zero-order valence-electron chi connectivity index (χ0n) is 17.6. The third-order valence-electron chi connectivity index (χ3n) is 5.13. The van der Waals surface area contributed by atoms with Gasteiger partial charge in [0.2, 0.25) is 5.82 Å². The van der Waals surface area contributed by atoms with Gasteiger partial charge in [-0.2, -0.15) is 5.26 Å². The Labute approximate surface area is 188 Å². The van der Waals surface area contributed by atoms with Crippen LogP contribution in [0.15, 0.2) is 30.6 Å². The fraction of sp³-hybridized carbons (Fsp3) is 0.318. The molecule has 168 valence electrons. The second-order valence-corrected chi connectivity index (χ2v) is 7.36. The minimum atomic E-state index is -1.43. The second kappa shape index (κ2) is 9.22. The van der Waals surface area contributed by atoms with Gasteiger partial charge in [0, 0.05) is 12.1 Å². The van der Waals surface area contributed by atoms with Gasteiger partial charge in [0.15, 0.2) is 23.8 Å². The molecule has 0 unspecified atom stereocenters. The fourth-order valence-corrected chi connectivity index (χ4v) is 3.49. The zero-order chi connectivity index (χ0) is 23.5. The Kier molecular flexibility index (Phi) is 6.20. The molecule has 2 aromatic heterocycles. The Morgan fingerprint density at radius 1 is 1.24 bits per heavy atom. The van der Waals surface area contributed by atoms with Crippen LogP contribution in [0.3, 0.4) is 0 Å². The lowest BCUT2D eigenvalue weighted by Crippen LogP contribution is -2.42. The summed E-state index contributed by atoms with van der Waals surface area (Å²) in [5.74, 6) is 5.46. The number of nitrogens with zero attached hydrogens (tertiary/aromatic N) is 5. The molecule has 1 aromatic carbocycles. The van der Waals surface area contributed by atoms with Crippen molar-refractivity contribution in [2.45, 2.75) is 37.9 Å². The molecule has 11 heteroatoms. The maximum atomic E-state index is 12.2. The molecule has 1 saturated heterocycles. The van der Waals surface area contributed by atoms with Gasteiger partial charge in [-0.15, -0.1) is 0 Å². The van der Waals surface area contributed by atoms with Crippen LogP contribution in [0.2, 0.25) is 0 Å². The van der Waals surface area contributed by atoms with Crippen molar-refractivity contribution in [1.82, 2.24) is 24.8 Å². The van der Waals surface area contributed by atoms with Gasteiger partial charge in [-0.3, -0.25) is 9.36 Å². The molecule has 0 saturated carbocycles. The number of fused-ring (bicyclic) bond motifs is 1. The maximum absolute atomic E-state index is 12.2. The number of nitriles is 1. The standard InChI is InChI=1S/C22H21N7O4/c1-2-25-21(32)18-16(30)17(31)22(33-18)29-11-26-15-19(24)27-14(28-20(15)29)8-7-12-3-5-13(6-4-12)9-10-23/h3-6,11,16-18,22,30-31H,2,9H2,1H3,(H,25,32)(H2,24,27,28)/t16-,17+,18-,22+/m0/s1. The number of nitrogens with one attached hydrogen (secondary N) is 1.